The second-order valence-electron chi connectivity index (χ2n) is 14.7. The lowest BCUT2D eigenvalue weighted by atomic mass is 9.41. The van der Waals surface area contributed by atoms with Gasteiger partial charge in [0.1, 0.15) is 0 Å². The van der Waals surface area contributed by atoms with Crippen molar-refractivity contribution in [3.63, 3.8) is 0 Å². The maximum atomic E-state index is 10.9. The molecule has 3 fully saturated rings. The van der Waals surface area contributed by atoms with Gasteiger partial charge < -0.3 is 20.4 Å². The molecule has 196 valence electrons. The minimum Gasteiger partial charge on any atom is -0.390 e. The molecule has 4 rings (SSSR count). The number of rotatable bonds is 5. The van der Waals surface area contributed by atoms with Crippen LogP contribution in [0.25, 0.3) is 0 Å². The minimum absolute atomic E-state index is 0.0457. The van der Waals surface area contributed by atoms with Crippen molar-refractivity contribution in [2.24, 2.45) is 45.3 Å². The Labute approximate surface area is 208 Å². The Hall–Kier alpha value is -0.420. The van der Waals surface area contributed by atoms with Gasteiger partial charge in [0.05, 0.1) is 23.9 Å². The van der Waals surface area contributed by atoms with Crippen LogP contribution in [-0.4, -0.2) is 44.3 Å². The zero-order valence-corrected chi connectivity index (χ0v) is 23.1. The monoisotopic (exact) mass is 476 g/mol. The van der Waals surface area contributed by atoms with Crippen molar-refractivity contribution in [1.29, 1.82) is 0 Å². The lowest BCUT2D eigenvalue weighted by Crippen LogP contribution is -2.61. The molecule has 10 atom stereocenters. The number of aliphatic hydroxyl groups excluding tert-OH is 3. The first-order valence-corrected chi connectivity index (χ1v) is 14.0. The number of hydrogen-bond donors (Lipinski definition) is 4. The highest BCUT2D eigenvalue weighted by Gasteiger charge is 2.66. The van der Waals surface area contributed by atoms with Crippen LogP contribution in [0.4, 0.5) is 0 Å². The Morgan fingerprint density at radius 3 is 2.26 bits per heavy atom. The summed E-state index contributed by atoms with van der Waals surface area (Å²) in [6.07, 6.45) is 8.71. The minimum atomic E-state index is -1.05. The second kappa shape index (κ2) is 8.30. The topological polar surface area (TPSA) is 80.9 Å². The molecule has 0 amide bonds. The Bertz CT molecular complexity index is 811. The average molecular weight is 477 g/mol. The van der Waals surface area contributed by atoms with E-state index in [2.05, 4.69) is 47.6 Å². The number of aliphatic hydroxyl groups is 4. The number of hydrogen-bond acceptors (Lipinski definition) is 4. The highest BCUT2D eigenvalue weighted by atomic mass is 16.3. The highest BCUT2D eigenvalue weighted by molar-refractivity contribution is 5.33. The first-order chi connectivity index (χ1) is 15.5. The van der Waals surface area contributed by atoms with Crippen molar-refractivity contribution in [2.45, 2.75) is 131 Å². The Morgan fingerprint density at radius 2 is 1.65 bits per heavy atom. The van der Waals surface area contributed by atoms with Crippen molar-refractivity contribution >= 4 is 0 Å². The molecule has 0 aromatic rings. The van der Waals surface area contributed by atoms with Gasteiger partial charge in [-0.3, -0.25) is 0 Å². The summed E-state index contributed by atoms with van der Waals surface area (Å²) in [6.45, 7) is 17.5. The van der Waals surface area contributed by atoms with Crippen LogP contribution in [-0.2, 0) is 0 Å². The molecule has 0 unspecified atom stereocenters. The summed E-state index contributed by atoms with van der Waals surface area (Å²) in [4.78, 5) is 0. The molecular weight excluding hydrogens is 424 g/mol. The summed E-state index contributed by atoms with van der Waals surface area (Å²) in [5.74, 6) is 2.07. The Kier molecular flexibility index (Phi) is 6.50. The molecular formula is C30H52O4. The highest BCUT2D eigenvalue weighted by Crippen LogP contribution is 2.73. The van der Waals surface area contributed by atoms with Crippen LogP contribution >= 0.6 is 0 Å². The molecule has 34 heavy (non-hydrogen) atoms. The number of allylic oxidation sites excluding steroid dienone is 2. The van der Waals surface area contributed by atoms with Crippen LogP contribution < -0.4 is 0 Å². The van der Waals surface area contributed by atoms with Crippen molar-refractivity contribution < 1.29 is 20.4 Å². The molecule has 0 saturated heterocycles. The predicted octanol–water partition coefficient (Wildman–Crippen LogP) is 5.47. The van der Waals surface area contributed by atoms with Gasteiger partial charge in [-0.15, -0.1) is 0 Å². The summed E-state index contributed by atoms with van der Waals surface area (Å²) in [5, 5.41) is 42.3. The van der Waals surface area contributed by atoms with E-state index in [1.807, 2.05) is 0 Å². The quantitative estimate of drug-likeness (QED) is 0.397. The molecule has 4 N–H and O–H groups in total. The molecule has 0 heterocycles. The SMILES string of the molecule is C[C@H](CC[C@@H](O)C(C)(C)O)[C@H]1CC[C@@]2(C)[C@@H]3CC[C@H]4C(C)(C)[C@@H](O)[C@H](O)C[C@]4(C)C3=CC[C@]12C. The average Bonchev–Trinajstić information content (AvgIpc) is 3.01. The molecule has 0 aromatic carbocycles. The second-order valence-corrected chi connectivity index (χ2v) is 14.7. The normalized spacial score (nSPS) is 47.8. The first kappa shape index (κ1) is 26.6. The van der Waals surface area contributed by atoms with Crippen LogP contribution in [0.15, 0.2) is 11.6 Å². The van der Waals surface area contributed by atoms with Crippen molar-refractivity contribution in [1.82, 2.24) is 0 Å². The van der Waals surface area contributed by atoms with E-state index in [0.29, 0.717) is 36.5 Å². The van der Waals surface area contributed by atoms with Crippen LogP contribution in [0.3, 0.4) is 0 Å². The fraction of sp³-hybridized carbons (Fsp3) is 0.933. The molecule has 4 nitrogen and oxygen atoms in total. The van der Waals surface area contributed by atoms with Gasteiger partial charge in [0.15, 0.2) is 0 Å². The van der Waals surface area contributed by atoms with Gasteiger partial charge in [-0.25, -0.2) is 0 Å². The number of fused-ring (bicyclic) bond motifs is 5. The van der Waals surface area contributed by atoms with E-state index in [9.17, 15) is 20.4 Å². The Balaban J connectivity index is 1.61. The van der Waals surface area contributed by atoms with Crippen molar-refractivity contribution in [2.75, 3.05) is 0 Å². The molecule has 3 saturated carbocycles. The maximum Gasteiger partial charge on any atom is 0.0853 e. The van der Waals surface area contributed by atoms with Gasteiger partial charge in [-0.05, 0) is 111 Å². The molecule has 4 aliphatic rings. The zero-order valence-electron chi connectivity index (χ0n) is 23.1. The summed E-state index contributed by atoms with van der Waals surface area (Å²) < 4.78 is 0. The Morgan fingerprint density at radius 1 is 1.00 bits per heavy atom. The molecule has 0 radical (unpaired) electrons. The first-order valence-electron chi connectivity index (χ1n) is 14.0. The van der Waals surface area contributed by atoms with E-state index >= 15 is 0 Å². The van der Waals surface area contributed by atoms with Crippen LogP contribution in [0.1, 0.15) is 107 Å². The lowest BCUT2D eigenvalue weighted by Gasteiger charge is -2.64. The van der Waals surface area contributed by atoms with E-state index in [-0.39, 0.29) is 21.7 Å². The van der Waals surface area contributed by atoms with Gasteiger partial charge in [0.2, 0.25) is 0 Å². The van der Waals surface area contributed by atoms with Crippen LogP contribution in [0.5, 0.6) is 0 Å². The fourth-order valence-electron chi connectivity index (χ4n) is 9.79. The molecule has 4 aliphatic carbocycles. The summed E-state index contributed by atoms with van der Waals surface area (Å²) in [6, 6.07) is 0. The zero-order chi connectivity index (χ0) is 25.5. The lowest BCUT2D eigenvalue weighted by molar-refractivity contribution is -0.169. The van der Waals surface area contributed by atoms with E-state index in [1.165, 1.54) is 19.3 Å². The molecule has 0 aromatic heterocycles. The smallest absolute Gasteiger partial charge is 0.0853 e. The van der Waals surface area contributed by atoms with Crippen LogP contribution in [0.2, 0.25) is 0 Å². The van der Waals surface area contributed by atoms with E-state index in [4.69, 9.17) is 0 Å². The van der Waals surface area contributed by atoms with Gasteiger partial charge in [0, 0.05) is 0 Å². The van der Waals surface area contributed by atoms with Crippen LogP contribution in [0, 0.1) is 45.3 Å². The maximum absolute atomic E-state index is 10.9. The molecule has 0 bridgehead atoms. The van der Waals surface area contributed by atoms with Crippen molar-refractivity contribution in [3.05, 3.63) is 11.6 Å². The summed E-state index contributed by atoms with van der Waals surface area (Å²) >= 11 is 0. The fourth-order valence-corrected chi connectivity index (χ4v) is 9.79. The van der Waals surface area contributed by atoms with Crippen molar-refractivity contribution in [3.8, 4) is 0 Å². The third-order valence-electron chi connectivity index (χ3n) is 12.2. The van der Waals surface area contributed by atoms with E-state index in [1.54, 1.807) is 19.4 Å². The standard InChI is InChI=1S/C30H52O4/c1-18(9-12-24(32)27(4,5)34)19-13-15-30(8)21-10-11-23-26(2,3)25(33)22(31)17-28(23,6)20(21)14-16-29(19,30)7/h14,18-19,21-25,31-34H,9-13,15-17H2,1-8H3/t18-,19-,21-,22-,23+,24-,25+,28-,29-,30+/m1/s1. The summed E-state index contributed by atoms with van der Waals surface area (Å²) in [5.41, 5.74) is 0.671. The van der Waals surface area contributed by atoms with Gasteiger partial charge in [-0.2, -0.15) is 0 Å². The van der Waals surface area contributed by atoms with Gasteiger partial charge in [0.25, 0.3) is 0 Å². The molecule has 0 aliphatic heterocycles. The largest absolute Gasteiger partial charge is 0.390 e. The van der Waals surface area contributed by atoms with E-state index in [0.717, 1.165) is 19.3 Å². The molecule has 4 heteroatoms. The van der Waals surface area contributed by atoms with Gasteiger partial charge >= 0.3 is 0 Å². The van der Waals surface area contributed by atoms with Gasteiger partial charge in [-0.1, -0.05) is 53.2 Å². The third kappa shape index (κ3) is 3.68. The third-order valence-corrected chi connectivity index (χ3v) is 12.2. The van der Waals surface area contributed by atoms with E-state index < -0.39 is 23.9 Å². The predicted molar refractivity (Wildman–Crippen MR) is 137 cm³/mol. The molecule has 0 spiro atoms. The summed E-state index contributed by atoms with van der Waals surface area (Å²) in [7, 11) is 0.